The van der Waals surface area contributed by atoms with Crippen LogP contribution in [-0.2, 0) is 13.8 Å². The summed E-state index contributed by atoms with van der Waals surface area (Å²) in [6.45, 7) is -1.67. The zero-order valence-corrected chi connectivity index (χ0v) is 18.4. The monoisotopic (exact) mass is 527 g/mol. The molecule has 0 aromatic carbocycles. The lowest BCUT2D eigenvalue weighted by Crippen LogP contribution is -2.46. The molecular weight excluding hydrogens is 504 g/mol. The molecule has 3 rings (SSSR count). The summed E-state index contributed by atoms with van der Waals surface area (Å²) in [7, 11) is -4.89. The second-order valence-electron chi connectivity index (χ2n) is 7.47. The van der Waals surface area contributed by atoms with Crippen molar-refractivity contribution < 1.29 is 63.7 Å². The molecule has 0 spiro atoms. The number of imidazole rings is 1. The van der Waals surface area contributed by atoms with Crippen LogP contribution in [0.5, 0.6) is 0 Å². The van der Waals surface area contributed by atoms with Gasteiger partial charge in [0.05, 0.1) is 19.5 Å². The van der Waals surface area contributed by atoms with E-state index in [4.69, 9.17) is 19.6 Å². The summed E-state index contributed by atoms with van der Waals surface area (Å²) in [5.41, 5.74) is -0.469. The highest BCUT2D eigenvalue weighted by Crippen LogP contribution is 2.39. The number of aliphatic hydroxyl groups is 7. The standard InChI is InChI=1S/C16H23FN5O12P/c17-16-20-13(18-1-5(24)9(26)10(27)6(25)2-23)8-14(21-16)22(4-19-8)15-12(29)11(28)7(34-15)3-33-35(30,31)32/h1,4-7,9-12,15,23-29H,2-3H2,(H2,30,31,32)/t5-,6+,7+,9+,10+,11+,12-,15+/m0/s1. The van der Waals surface area contributed by atoms with E-state index in [9.17, 15) is 39.6 Å². The Kier molecular flexibility index (Phi) is 8.58. The Morgan fingerprint density at radius 3 is 2.51 bits per heavy atom. The SMILES string of the molecule is O=P(O)(O)OC[C@H]1O[C@@H](n2cnc3c(N=C[C@H](O)[C@@H](O)[C@H](O)[C@H](O)CO)nc(F)nc32)[C@@H](O)[C@@H]1O. The average molecular weight is 527 g/mol. The summed E-state index contributed by atoms with van der Waals surface area (Å²) >= 11 is 0. The van der Waals surface area contributed by atoms with Crippen molar-refractivity contribution >= 4 is 31.0 Å². The lowest BCUT2D eigenvalue weighted by atomic mass is 10.0. The van der Waals surface area contributed by atoms with Gasteiger partial charge in [-0.05, 0) is 0 Å². The third-order valence-corrected chi connectivity index (χ3v) is 5.51. The molecule has 9 N–H and O–H groups in total. The normalized spacial score (nSPS) is 26.9. The van der Waals surface area contributed by atoms with E-state index in [1.54, 1.807) is 0 Å². The number of ether oxygens (including phenoxy) is 1. The molecule has 8 atom stereocenters. The van der Waals surface area contributed by atoms with Gasteiger partial charge in [-0.2, -0.15) is 14.4 Å². The maximum Gasteiger partial charge on any atom is 0.469 e. The predicted molar refractivity (Wildman–Crippen MR) is 108 cm³/mol. The summed E-state index contributed by atoms with van der Waals surface area (Å²) in [5, 5.41) is 68.0. The summed E-state index contributed by atoms with van der Waals surface area (Å²) in [6, 6.07) is 0. The summed E-state index contributed by atoms with van der Waals surface area (Å²) in [6.07, 6.45) is -13.3. The van der Waals surface area contributed by atoms with Crippen LogP contribution in [-0.4, -0.2) is 127 Å². The fourth-order valence-corrected chi connectivity index (χ4v) is 3.53. The number of aliphatic hydroxyl groups excluding tert-OH is 7. The summed E-state index contributed by atoms with van der Waals surface area (Å²) in [5.74, 6) is -0.455. The molecule has 0 saturated carbocycles. The van der Waals surface area contributed by atoms with E-state index >= 15 is 0 Å². The van der Waals surface area contributed by atoms with Gasteiger partial charge in [0.15, 0.2) is 23.2 Å². The number of hydrogen-bond donors (Lipinski definition) is 9. The topological polar surface area (TPSA) is 274 Å². The van der Waals surface area contributed by atoms with Crippen molar-refractivity contribution in [1.82, 2.24) is 19.5 Å². The van der Waals surface area contributed by atoms with Gasteiger partial charge in [0.1, 0.15) is 42.7 Å². The van der Waals surface area contributed by atoms with Crippen molar-refractivity contribution in [3.63, 3.8) is 0 Å². The number of rotatable bonds is 10. The van der Waals surface area contributed by atoms with Crippen molar-refractivity contribution in [3.8, 4) is 0 Å². The van der Waals surface area contributed by atoms with E-state index in [0.717, 1.165) is 10.9 Å². The molecule has 0 bridgehead atoms. The second kappa shape index (κ2) is 10.9. The number of fused-ring (bicyclic) bond motifs is 1. The first-order valence-corrected chi connectivity index (χ1v) is 11.4. The van der Waals surface area contributed by atoms with E-state index in [0.29, 0.717) is 6.21 Å². The van der Waals surface area contributed by atoms with Crippen LogP contribution < -0.4 is 0 Å². The average Bonchev–Trinajstić information content (AvgIpc) is 3.34. The van der Waals surface area contributed by atoms with Gasteiger partial charge in [-0.3, -0.25) is 9.09 Å². The van der Waals surface area contributed by atoms with E-state index in [1.807, 2.05) is 0 Å². The van der Waals surface area contributed by atoms with E-state index in [1.165, 1.54) is 0 Å². The number of halogens is 1. The Bertz CT molecular complexity index is 1100. The number of aromatic nitrogens is 4. The van der Waals surface area contributed by atoms with Crippen molar-refractivity contribution in [2.75, 3.05) is 13.2 Å². The predicted octanol–water partition coefficient (Wildman–Crippen LogP) is -4.17. The van der Waals surface area contributed by atoms with E-state index in [-0.39, 0.29) is 11.2 Å². The van der Waals surface area contributed by atoms with Crippen LogP contribution >= 0.6 is 7.82 Å². The molecule has 196 valence electrons. The van der Waals surface area contributed by atoms with Crippen molar-refractivity contribution in [2.45, 2.75) is 49.0 Å². The largest absolute Gasteiger partial charge is 0.469 e. The first-order valence-electron chi connectivity index (χ1n) is 9.83. The summed E-state index contributed by atoms with van der Waals surface area (Å²) < 4.78 is 35.7. The minimum Gasteiger partial charge on any atom is -0.394 e. The smallest absolute Gasteiger partial charge is 0.394 e. The molecule has 0 unspecified atom stereocenters. The number of phosphoric ester groups is 1. The number of phosphoric acid groups is 1. The van der Waals surface area contributed by atoms with Gasteiger partial charge in [0, 0.05) is 6.21 Å². The molecule has 35 heavy (non-hydrogen) atoms. The zero-order chi connectivity index (χ0) is 26.1. The molecule has 0 aliphatic carbocycles. The fraction of sp³-hybridized carbons (Fsp3) is 0.625. The van der Waals surface area contributed by atoms with Gasteiger partial charge >= 0.3 is 13.9 Å². The molecule has 1 aliphatic rings. The van der Waals surface area contributed by atoms with Crippen LogP contribution in [0.3, 0.4) is 0 Å². The highest BCUT2D eigenvalue weighted by molar-refractivity contribution is 7.46. The van der Waals surface area contributed by atoms with Gasteiger partial charge < -0.3 is 50.3 Å². The molecule has 1 saturated heterocycles. The van der Waals surface area contributed by atoms with Crippen LogP contribution in [0.4, 0.5) is 10.2 Å². The third kappa shape index (κ3) is 6.20. The molecular formula is C16H23FN5O12P. The molecule has 2 aromatic heterocycles. The second-order valence-corrected chi connectivity index (χ2v) is 8.71. The van der Waals surface area contributed by atoms with E-state index in [2.05, 4.69) is 24.5 Å². The zero-order valence-electron chi connectivity index (χ0n) is 17.5. The van der Waals surface area contributed by atoms with Crippen LogP contribution in [0.15, 0.2) is 11.3 Å². The van der Waals surface area contributed by atoms with Crippen molar-refractivity contribution in [1.29, 1.82) is 0 Å². The van der Waals surface area contributed by atoms with Crippen LogP contribution in [0.1, 0.15) is 6.23 Å². The molecule has 0 radical (unpaired) electrons. The summed E-state index contributed by atoms with van der Waals surface area (Å²) in [4.78, 5) is 32.2. The highest BCUT2D eigenvalue weighted by Gasteiger charge is 2.45. The Balaban J connectivity index is 1.85. The van der Waals surface area contributed by atoms with Crippen LogP contribution in [0.25, 0.3) is 11.2 Å². The maximum atomic E-state index is 14.1. The van der Waals surface area contributed by atoms with Crippen LogP contribution in [0.2, 0.25) is 0 Å². The first kappa shape index (κ1) is 27.5. The molecule has 0 amide bonds. The third-order valence-electron chi connectivity index (χ3n) is 5.02. The Labute approximate surface area is 194 Å². The van der Waals surface area contributed by atoms with Crippen LogP contribution in [0, 0.1) is 6.08 Å². The maximum absolute atomic E-state index is 14.1. The molecule has 2 aromatic rings. The number of hydrogen-bond acceptors (Lipinski definition) is 14. The Morgan fingerprint density at radius 1 is 1.20 bits per heavy atom. The van der Waals surface area contributed by atoms with Gasteiger partial charge in [-0.25, -0.2) is 14.5 Å². The lowest BCUT2D eigenvalue weighted by molar-refractivity contribution is -0.0999. The lowest BCUT2D eigenvalue weighted by Gasteiger charge is -2.23. The van der Waals surface area contributed by atoms with Gasteiger partial charge in [0.25, 0.3) is 0 Å². The molecule has 1 fully saturated rings. The molecule has 17 nitrogen and oxygen atoms in total. The van der Waals surface area contributed by atoms with Crippen molar-refractivity contribution in [3.05, 3.63) is 12.4 Å². The Hall–Kier alpha value is -2.06. The van der Waals surface area contributed by atoms with Crippen molar-refractivity contribution in [2.24, 2.45) is 4.99 Å². The first-order chi connectivity index (χ1) is 16.3. The quantitative estimate of drug-likeness (QED) is 0.0805. The Morgan fingerprint density at radius 2 is 1.89 bits per heavy atom. The highest BCUT2D eigenvalue weighted by atomic mass is 31.2. The van der Waals surface area contributed by atoms with Gasteiger partial charge in [-0.15, -0.1) is 0 Å². The minimum absolute atomic E-state index is 0.180. The van der Waals surface area contributed by atoms with Gasteiger partial charge in [-0.1, -0.05) is 0 Å². The number of aliphatic imine (C=N–C) groups is 1. The van der Waals surface area contributed by atoms with E-state index < -0.39 is 81.9 Å². The molecule has 1 aliphatic heterocycles. The minimum atomic E-state index is -4.89. The number of nitrogens with zero attached hydrogens (tertiary/aromatic N) is 5. The molecule has 19 heteroatoms. The fourth-order valence-electron chi connectivity index (χ4n) is 3.19. The molecule has 3 heterocycles. The van der Waals surface area contributed by atoms with Gasteiger partial charge in [0.2, 0.25) is 0 Å².